The Morgan fingerprint density at radius 1 is 0.929 bits per heavy atom. The molecule has 0 saturated heterocycles. The third kappa shape index (κ3) is 5.48. The zero-order valence-corrected chi connectivity index (χ0v) is 24.8. The second-order valence-electron chi connectivity index (χ2n) is 9.21. The average molecular weight is 603 g/mol. The molecular formula is C31H26N2O7S2. The number of nitrogens with one attached hydrogen (secondary N) is 1. The molecule has 1 amide bonds. The summed E-state index contributed by atoms with van der Waals surface area (Å²) >= 11 is 2.41. The highest BCUT2D eigenvalue weighted by molar-refractivity contribution is 7.21. The van der Waals surface area contributed by atoms with Crippen LogP contribution in [0.15, 0.2) is 60.7 Å². The van der Waals surface area contributed by atoms with Crippen LogP contribution in [0.2, 0.25) is 0 Å². The van der Waals surface area contributed by atoms with E-state index >= 15 is 0 Å². The largest absolute Gasteiger partial charge is 0.465 e. The van der Waals surface area contributed by atoms with Crippen molar-refractivity contribution >= 4 is 72.5 Å². The van der Waals surface area contributed by atoms with Gasteiger partial charge in [-0.2, -0.15) is 0 Å². The van der Waals surface area contributed by atoms with Crippen molar-refractivity contribution in [2.75, 3.05) is 19.0 Å². The lowest BCUT2D eigenvalue weighted by Gasteiger charge is -2.15. The van der Waals surface area contributed by atoms with Gasteiger partial charge < -0.3 is 19.5 Å². The maximum absolute atomic E-state index is 13.5. The Morgan fingerprint density at radius 3 is 2.38 bits per heavy atom. The van der Waals surface area contributed by atoms with E-state index in [9.17, 15) is 19.2 Å². The SMILES string of the molecule is CCOC(=O)c1sc(NC(=O)C(C)OC(=O)c2cccc3cccc(-c4nc5ccccc5s4)c23)c(C(=O)OC)c1C. The molecule has 5 rings (SSSR count). The molecule has 42 heavy (non-hydrogen) atoms. The van der Waals surface area contributed by atoms with E-state index in [-0.39, 0.29) is 27.6 Å². The van der Waals surface area contributed by atoms with Gasteiger partial charge in [-0.3, -0.25) is 4.79 Å². The van der Waals surface area contributed by atoms with Gasteiger partial charge >= 0.3 is 17.9 Å². The van der Waals surface area contributed by atoms with Crippen LogP contribution in [0.1, 0.15) is 49.8 Å². The van der Waals surface area contributed by atoms with Crippen molar-refractivity contribution in [2.24, 2.45) is 0 Å². The van der Waals surface area contributed by atoms with Crippen LogP contribution < -0.4 is 5.32 Å². The van der Waals surface area contributed by atoms with Crippen LogP contribution in [0.3, 0.4) is 0 Å². The van der Waals surface area contributed by atoms with Gasteiger partial charge in [0, 0.05) is 10.9 Å². The minimum Gasteiger partial charge on any atom is -0.465 e. The fourth-order valence-electron chi connectivity index (χ4n) is 4.51. The van der Waals surface area contributed by atoms with E-state index < -0.39 is 29.9 Å². The zero-order chi connectivity index (χ0) is 30.0. The summed E-state index contributed by atoms with van der Waals surface area (Å²) in [5.74, 6) is -2.72. The van der Waals surface area contributed by atoms with Gasteiger partial charge in [0.2, 0.25) is 0 Å². The lowest BCUT2D eigenvalue weighted by molar-refractivity contribution is -0.123. The Labute approximate surface area is 249 Å². The Bertz CT molecular complexity index is 1820. The molecule has 2 heterocycles. The Hall–Kier alpha value is -4.61. The summed E-state index contributed by atoms with van der Waals surface area (Å²) < 4.78 is 16.6. The Morgan fingerprint density at radius 2 is 1.67 bits per heavy atom. The predicted octanol–water partition coefficient (Wildman–Crippen LogP) is 6.63. The van der Waals surface area contributed by atoms with Gasteiger partial charge in [-0.05, 0) is 49.9 Å². The van der Waals surface area contributed by atoms with Gasteiger partial charge in [0.1, 0.15) is 14.9 Å². The minimum absolute atomic E-state index is 0.0342. The smallest absolute Gasteiger partial charge is 0.348 e. The van der Waals surface area contributed by atoms with Crippen molar-refractivity contribution in [1.82, 2.24) is 4.98 Å². The first-order valence-electron chi connectivity index (χ1n) is 13.0. The van der Waals surface area contributed by atoms with E-state index in [0.717, 1.165) is 37.5 Å². The zero-order valence-electron chi connectivity index (χ0n) is 23.2. The molecule has 3 aromatic carbocycles. The number of ether oxygens (including phenoxy) is 3. The number of carbonyl (C=O) groups is 4. The molecule has 1 atom stereocenters. The summed E-state index contributed by atoms with van der Waals surface area (Å²) in [4.78, 5) is 56.4. The highest BCUT2D eigenvalue weighted by Crippen LogP contribution is 2.37. The summed E-state index contributed by atoms with van der Waals surface area (Å²) in [6.07, 6.45) is -1.23. The van der Waals surface area contributed by atoms with Crippen LogP contribution >= 0.6 is 22.7 Å². The third-order valence-corrected chi connectivity index (χ3v) is 8.79. The van der Waals surface area contributed by atoms with Gasteiger partial charge in [0.25, 0.3) is 5.91 Å². The first kappa shape index (κ1) is 28.9. The number of rotatable bonds is 8. The number of nitrogens with zero attached hydrogens (tertiary/aromatic N) is 1. The summed E-state index contributed by atoms with van der Waals surface area (Å²) in [6.45, 7) is 4.81. The number of esters is 3. The van der Waals surface area contributed by atoms with E-state index in [0.29, 0.717) is 10.9 Å². The molecule has 0 fully saturated rings. The number of fused-ring (bicyclic) bond motifs is 2. The maximum Gasteiger partial charge on any atom is 0.348 e. The molecule has 1 unspecified atom stereocenters. The molecule has 0 aliphatic heterocycles. The lowest BCUT2D eigenvalue weighted by Crippen LogP contribution is -2.30. The Balaban J connectivity index is 1.43. The van der Waals surface area contributed by atoms with E-state index in [1.165, 1.54) is 25.4 Å². The molecule has 214 valence electrons. The molecule has 0 spiro atoms. The van der Waals surface area contributed by atoms with Crippen LogP contribution in [-0.4, -0.2) is 48.6 Å². The molecule has 0 aliphatic rings. The summed E-state index contributed by atoms with van der Waals surface area (Å²) in [5, 5.41) is 4.95. The van der Waals surface area contributed by atoms with E-state index in [4.69, 9.17) is 19.2 Å². The molecular weight excluding hydrogens is 576 g/mol. The summed E-state index contributed by atoms with van der Waals surface area (Å²) in [5.41, 5.74) is 2.28. The summed E-state index contributed by atoms with van der Waals surface area (Å²) in [7, 11) is 1.20. The summed E-state index contributed by atoms with van der Waals surface area (Å²) in [6, 6.07) is 18.8. The molecule has 0 aliphatic carbocycles. The monoisotopic (exact) mass is 602 g/mol. The van der Waals surface area contributed by atoms with Crippen molar-refractivity contribution in [3.63, 3.8) is 0 Å². The van der Waals surface area contributed by atoms with Crippen LogP contribution in [0.25, 0.3) is 31.6 Å². The van der Waals surface area contributed by atoms with Crippen molar-refractivity contribution in [3.05, 3.63) is 82.2 Å². The molecule has 0 bridgehead atoms. The van der Waals surface area contributed by atoms with Crippen molar-refractivity contribution in [2.45, 2.75) is 26.9 Å². The third-order valence-electron chi connectivity index (χ3n) is 6.54. The fourth-order valence-corrected chi connectivity index (χ4v) is 6.60. The van der Waals surface area contributed by atoms with Gasteiger partial charge in [0.15, 0.2) is 6.10 Å². The van der Waals surface area contributed by atoms with Gasteiger partial charge in [-0.15, -0.1) is 22.7 Å². The number of aromatic nitrogens is 1. The number of hydrogen-bond acceptors (Lipinski definition) is 10. The number of thiophene rings is 1. The number of hydrogen-bond donors (Lipinski definition) is 1. The van der Waals surface area contributed by atoms with Gasteiger partial charge in [-0.1, -0.05) is 42.5 Å². The first-order valence-corrected chi connectivity index (χ1v) is 14.6. The quantitative estimate of drug-likeness (QED) is 0.155. The number of anilines is 1. The molecule has 1 N–H and O–H groups in total. The van der Waals surface area contributed by atoms with Gasteiger partial charge in [-0.25, -0.2) is 19.4 Å². The predicted molar refractivity (Wildman–Crippen MR) is 162 cm³/mol. The molecule has 2 aromatic heterocycles. The number of para-hydroxylation sites is 1. The topological polar surface area (TPSA) is 121 Å². The highest BCUT2D eigenvalue weighted by Gasteiger charge is 2.29. The van der Waals surface area contributed by atoms with Gasteiger partial charge in [0.05, 0.1) is 35.1 Å². The second-order valence-corrected chi connectivity index (χ2v) is 11.3. The molecule has 9 nitrogen and oxygen atoms in total. The number of benzene rings is 3. The normalized spacial score (nSPS) is 11.7. The maximum atomic E-state index is 13.5. The second kappa shape index (κ2) is 12.1. The molecule has 0 saturated carbocycles. The lowest BCUT2D eigenvalue weighted by atomic mass is 9.99. The number of carbonyl (C=O) groups excluding carboxylic acids is 4. The number of thiazole rings is 1. The average Bonchev–Trinajstić information content (AvgIpc) is 3.57. The van der Waals surface area contributed by atoms with E-state index in [1.807, 2.05) is 48.5 Å². The number of amides is 1. The van der Waals surface area contributed by atoms with Crippen molar-refractivity contribution < 1.29 is 33.4 Å². The van der Waals surface area contributed by atoms with E-state index in [2.05, 4.69) is 5.32 Å². The highest BCUT2D eigenvalue weighted by atomic mass is 32.1. The Kier molecular flexibility index (Phi) is 8.32. The van der Waals surface area contributed by atoms with Crippen molar-refractivity contribution in [3.8, 4) is 10.6 Å². The minimum atomic E-state index is -1.23. The van der Waals surface area contributed by atoms with Crippen LogP contribution in [0.4, 0.5) is 5.00 Å². The van der Waals surface area contributed by atoms with Crippen LogP contribution in [-0.2, 0) is 19.0 Å². The van der Waals surface area contributed by atoms with E-state index in [1.54, 1.807) is 26.0 Å². The first-order chi connectivity index (χ1) is 20.2. The molecule has 11 heteroatoms. The van der Waals surface area contributed by atoms with Crippen LogP contribution in [0, 0.1) is 6.92 Å². The fraction of sp³-hybridized carbons (Fsp3) is 0.194. The standard InChI is InChI=1S/C31H26N2O7S2/c1-5-39-31(37)25-16(2)23(30(36)38-4)28(42-25)33-26(34)17(3)40-29(35)20-13-9-11-18-10-8-12-19(24(18)20)27-32-21-14-6-7-15-22(21)41-27/h6-15,17H,5H2,1-4H3,(H,33,34). The van der Waals surface area contributed by atoms with Crippen molar-refractivity contribution in [1.29, 1.82) is 0 Å². The van der Waals surface area contributed by atoms with Crippen LogP contribution in [0.5, 0.6) is 0 Å². The molecule has 5 aromatic rings. The number of methoxy groups -OCH3 is 1. The molecule has 0 radical (unpaired) electrons.